The van der Waals surface area contributed by atoms with E-state index in [1.807, 2.05) is 0 Å². The first-order valence-corrected chi connectivity index (χ1v) is 7.88. The Labute approximate surface area is 130 Å². The van der Waals surface area contributed by atoms with Crippen LogP contribution >= 0.6 is 11.3 Å². The van der Waals surface area contributed by atoms with Gasteiger partial charge in [0.2, 0.25) is 16.0 Å². The Hall–Kier alpha value is -2.00. The molecule has 0 radical (unpaired) electrons. The summed E-state index contributed by atoms with van der Waals surface area (Å²) in [4.78, 5) is 30.5. The van der Waals surface area contributed by atoms with Crippen LogP contribution in [0.3, 0.4) is 0 Å². The van der Waals surface area contributed by atoms with E-state index in [1.165, 1.54) is 21.9 Å². The number of carbonyl (C=O) groups is 1. The van der Waals surface area contributed by atoms with Crippen LogP contribution < -0.4 is 21.5 Å². The molecule has 0 saturated carbocycles. The number of aryl methyl sites for hydroxylation is 1. The third kappa shape index (κ3) is 2.35. The van der Waals surface area contributed by atoms with Crippen molar-refractivity contribution in [2.45, 2.75) is 25.3 Å². The first-order chi connectivity index (χ1) is 10.4. The molecule has 0 bridgehead atoms. The van der Waals surface area contributed by atoms with Gasteiger partial charge in [0.05, 0.1) is 0 Å². The highest BCUT2D eigenvalue weighted by atomic mass is 32.1. The van der Waals surface area contributed by atoms with Gasteiger partial charge < -0.3 is 16.0 Å². The molecule has 0 aliphatic carbocycles. The van der Waals surface area contributed by atoms with E-state index in [0.29, 0.717) is 36.6 Å². The molecule has 3 rings (SSSR count). The molecule has 0 spiro atoms. The van der Waals surface area contributed by atoms with Crippen LogP contribution in [0.15, 0.2) is 10.9 Å². The van der Waals surface area contributed by atoms with E-state index >= 15 is 0 Å². The zero-order chi connectivity index (χ0) is 15.9. The molecule has 1 saturated heterocycles. The summed E-state index contributed by atoms with van der Waals surface area (Å²) in [5, 5.41) is 8.13. The van der Waals surface area contributed by atoms with Gasteiger partial charge in [-0.2, -0.15) is 4.52 Å². The Morgan fingerprint density at radius 2 is 2.14 bits per heavy atom. The number of fused-ring (bicyclic) bond motifs is 1. The topological polar surface area (TPSA) is 106 Å². The summed E-state index contributed by atoms with van der Waals surface area (Å²) in [6.07, 6.45) is 1.21. The molecule has 0 aromatic carbocycles. The zero-order valence-electron chi connectivity index (χ0n) is 12.5. The Kier molecular flexibility index (Phi) is 3.61. The third-order valence-corrected chi connectivity index (χ3v) is 5.17. The number of amides is 1. The fraction of sp³-hybridized carbons (Fsp3) is 0.538. The van der Waals surface area contributed by atoms with Crippen molar-refractivity contribution in [2.75, 3.05) is 25.0 Å². The summed E-state index contributed by atoms with van der Waals surface area (Å²) < 4.78 is 1.32. The van der Waals surface area contributed by atoms with Gasteiger partial charge in [-0.3, -0.25) is 9.59 Å². The standard InChI is InChI=1S/C13H18N6O2S/c1-8-7-9(20)19-11(16-8)22-12(17-19)18-5-3-13(15-2,4-6-18)10(14)21/h7,15H,3-6H2,1-2H3,(H2,14,21). The monoisotopic (exact) mass is 322 g/mol. The van der Waals surface area contributed by atoms with Gasteiger partial charge in [0, 0.05) is 24.8 Å². The number of aromatic nitrogens is 3. The Balaban J connectivity index is 1.87. The zero-order valence-corrected chi connectivity index (χ0v) is 13.3. The molecule has 1 fully saturated rings. The van der Waals surface area contributed by atoms with Gasteiger partial charge in [-0.05, 0) is 26.8 Å². The molecule has 2 aromatic heterocycles. The highest BCUT2D eigenvalue weighted by Gasteiger charge is 2.39. The summed E-state index contributed by atoms with van der Waals surface area (Å²) in [5.74, 6) is -0.326. The molecule has 9 heteroatoms. The predicted molar refractivity (Wildman–Crippen MR) is 84.3 cm³/mol. The lowest BCUT2D eigenvalue weighted by Gasteiger charge is -2.39. The average Bonchev–Trinajstić information content (AvgIpc) is 2.91. The van der Waals surface area contributed by atoms with Crippen LogP contribution in [0.25, 0.3) is 4.96 Å². The molecule has 8 nitrogen and oxygen atoms in total. The fourth-order valence-electron chi connectivity index (χ4n) is 2.74. The molecule has 1 aliphatic rings. The first-order valence-electron chi connectivity index (χ1n) is 7.06. The summed E-state index contributed by atoms with van der Waals surface area (Å²) in [6.45, 7) is 3.09. The number of primary amides is 1. The van der Waals surface area contributed by atoms with Gasteiger partial charge in [0.25, 0.3) is 5.56 Å². The Bertz CT molecular complexity index is 774. The second kappa shape index (κ2) is 5.33. The van der Waals surface area contributed by atoms with Crippen LogP contribution in [0.4, 0.5) is 5.13 Å². The number of nitrogens with zero attached hydrogens (tertiary/aromatic N) is 4. The van der Waals surface area contributed by atoms with Gasteiger partial charge in [-0.1, -0.05) is 11.3 Å². The number of rotatable bonds is 3. The van der Waals surface area contributed by atoms with Crippen LogP contribution in [0, 0.1) is 6.92 Å². The molecular formula is C13H18N6O2S. The first kappa shape index (κ1) is 14.9. The van der Waals surface area contributed by atoms with Gasteiger partial charge in [0.1, 0.15) is 5.54 Å². The fourth-order valence-corrected chi connectivity index (χ4v) is 3.74. The Morgan fingerprint density at radius 3 is 2.73 bits per heavy atom. The maximum absolute atomic E-state index is 11.9. The van der Waals surface area contributed by atoms with E-state index < -0.39 is 5.54 Å². The van der Waals surface area contributed by atoms with E-state index in [4.69, 9.17) is 5.73 Å². The van der Waals surface area contributed by atoms with Crippen molar-refractivity contribution in [3.63, 3.8) is 0 Å². The van der Waals surface area contributed by atoms with E-state index in [1.54, 1.807) is 14.0 Å². The van der Waals surface area contributed by atoms with Crippen LogP contribution in [0.2, 0.25) is 0 Å². The number of nitrogens with two attached hydrogens (primary N) is 1. The summed E-state index contributed by atoms with van der Waals surface area (Å²) in [6, 6.07) is 1.46. The number of carbonyl (C=O) groups excluding carboxylic acids is 1. The second-order valence-corrected chi connectivity index (χ2v) is 6.43. The molecule has 2 aromatic rings. The van der Waals surface area contributed by atoms with Crippen LogP contribution in [-0.2, 0) is 4.79 Å². The quantitative estimate of drug-likeness (QED) is 0.789. The largest absolute Gasteiger partial charge is 0.368 e. The van der Waals surface area contributed by atoms with Crippen molar-refractivity contribution in [1.82, 2.24) is 19.9 Å². The molecule has 3 N–H and O–H groups in total. The highest BCUT2D eigenvalue weighted by Crippen LogP contribution is 2.28. The molecule has 0 unspecified atom stereocenters. The van der Waals surface area contributed by atoms with Gasteiger partial charge in [-0.15, -0.1) is 5.10 Å². The van der Waals surface area contributed by atoms with Crippen LogP contribution in [0.1, 0.15) is 18.5 Å². The smallest absolute Gasteiger partial charge is 0.275 e. The highest BCUT2D eigenvalue weighted by molar-refractivity contribution is 7.20. The van der Waals surface area contributed by atoms with Crippen molar-refractivity contribution in [1.29, 1.82) is 0 Å². The lowest BCUT2D eigenvalue weighted by molar-refractivity contribution is -0.125. The van der Waals surface area contributed by atoms with Crippen molar-refractivity contribution in [3.05, 3.63) is 22.1 Å². The summed E-state index contributed by atoms with van der Waals surface area (Å²) in [5.41, 5.74) is 5.36. The van der Waals surface area contributed by atoms with Crippen molar-refractivity contribution in [2.24, 2.45) is 5.73 Å². The normalized spacial score (nSPS) is 17.8. The molecular weight excluding hydrogens is 304 g/mol. The third-order valence-electron chi connectivity index (χ3n) is 4.20. The lowest BCUT2D eigenvalue weighted by Crippen LogP contribution is -2.59. The lowest BCUT2D eigenvalue weighted by atomic mass is 9.87. The summed E-state index contributed by atoms with van der Waals surface area (Å²) >= 11 is 1.38. The second-order valence-electron chi connectivity index (χ2n) is 5.50. The van der Waals surface area contributed by atoms with Gasteiger partial charge in [0.15, 0.2) is 0 Å². The van der Waals surface area contributed by atoms with Gasteiger partial charge in [-0.25, -0.2) is 4.98 Å². The summed E-state index contributed by atoms with van der Waals surface area (Å²) in [7, 11) is 1.75. The Morgan fingerprint density at radius 1 is 1.45 bits per heavy atom. The number of hydrogen-bond donors (Lipinski definition) is 2. The molecule has 0 atom stereocenters. The van der Waals surface area contributed by atoms with E-state index in [0.717, 1.165) is 5.13 Å². The minimum absolute atomic E-state index is 0.177. The van der Waals surface area contributed by atoms with Crippen molar-refractivity contribution in [3.8, 4) is 0 Å². The maximum Gasteiger partial charge on any atom is 0.275 e. The minimum atomic E-state index is -0.654. The number of nitrogens with one attached hydrogen (secondary N) is 1. The van der Waals surface area contributed by atoms with E-state index in [9.17, 15) is 9.59 Å². The molecule has 22 heavy (non-hydrogen) atoms. The van der Waals surface area contributed by atoms with Crippen molar-refractivity contribution < 1.29 is 4.79 Å². The van der Waals surface area contributed by atoms with Crippen LogP contribution in [0.5, 0.6) is 0 Å². The number of hydrogen-bond acceptors (Lipinski definition) is 7. The molecule has 1 amide bonds. The number of likely N-dealkylation sites (N-methyl/N-ethyl adjacent to an activating group) is 1. The average molecular weight is 322 g/mol. The number of anilines is 1. The predicted octanol–water partition coefficient (Wildman–Crippen LogP) is -0.497. The molecule has 3 heterocycles. The minimum Gasteiger partial charge on any atom is -0.368 e. The molecule has 118 valence electrons. The van der Waals surface area contributed by atoms with Gasteiger partial charge >= 0.3 is 0 Å². The van der Waals surface area contributed by atoms with Crippen LogP contribution in [-0.4, -0.2) is 46.2 Å². The van der Waals surface area contributed by atoms with Crippen molar-refractivity contribution >= 4 is 27.3 Å². The number of piperidine rings is 1. The van der Waals surface area contributed by atoms with E-state index in [2.05, 4.69) is 20.3 Å². The maximum atomic E-state index is 11.9. The molecule has 1 aliphatic heterocycles. The SMILES string of the molecule is CNC1(C(N)=O)CCN(c2nn3c(=O)cc(C)nc3s2)CC1. The van der Waals surface area contributed by atoms with E-state index in [-0.39, 0.29) is 11.5 Å².